The number of likely N-dealkylation sites (tertiary alicyclic amines) is 1. The van der Waals surface area contributed by atoms with E-state index in [2.05, 4.69) is 10.3 Å². The molecule has 0 spiro atoms. The number of amides is 2. The van der Waals surface area contributed by atoms with E-state index in [0.717, 1.165) is 38.8 Å². The molecule has 1 N–H and O–H groups in total. The van der Waals surface area contributed by atoms with E-state index in [-0.39, 0.29) is 6.03 Å². The SMILES string of the molecule is O=C(NC1CCCCC1)N1CCC(c2nccs2)CC1. The summed E-state index contributed by atoms with van der Waals surface area (Å²) in [7, 11) is 0. The van der Waals surface area contributed by atoms with E-state index in [1.807, 2.05) is 16.5 Å². The van der Waals surface area contributed by atoms with Crippen molar-refractivity contribution in [3.05, 3.63) is 16.6 Å². The molecule has 2 aliphatic rings. The minimum absolute atomic E-state index is 0.148. The zero-order valence-corrected chi connectivity index (χ0v) is 12.7. The average Bonchev–Trinajstić information content (AvgIpc) is 3.03. The monoisotopic (exact) mass is 293 g/mol. The molecule has 110 valence electrons. The van der Waals surface area contributed by atoms with E-state index in [9.17, 15) is 4.79 Å². The van der Waals surface area contributed by atoms with Gasteiger partial charge in [-0.15, -0.1) is 11.3 Å². The van der Waals surface area contributed by atoms with Gasteiger partial charge in [0.1, 0.15) is 0 Å². The maximum absolute atomic E-state index is 12.3. The standard InChI is InChI=1S/C15H23N3OS/c19-15(17-13-4-2-1-3-5-13)18-9-6-12(7-10-18)14-16-8-11-20-14/h8,11-13H,1-7,9-10H2,(H,17,19). The maximum atomic E-state index is 12.3. The molecule has 2 fully saturated rings. The molecule has 0 radical (unpaired) electrons. The van der Waals surface area contributed by atoms with Gasteiger partial charge in [0, 0.05) is 36.6 Å². The van der Waals surface area contributed by atoms with Gasteiger partial charge in [0.05, 0.1) is 5.01 Å². The van der Waals surface area contributed by atoms with Crippen LogP contribution in [0.25, 0.3) is 0 Å². The first kappa shape index (κ1) is 13.9. The van der Waals surface area contributed by atoms with Gasteiger partial charge in [-0.3, -0.25) is 0 Å². The van der Waals surface area contributed by atoms with Crippen molar-refractivity contribution in [2.75, 3.05) is 13.1 Å². The molecule has 2 heterocycles. The average molecular weight is 293 g/mol. The Morgan fingerprint density at radius 3 is 2.60 bits per heavy atom. The fraction of sp³-hybridized carbons (Fsp3) is 0.733. The number of thiazole rings is 1. The minimum Gasteiger partial charge on any atom is -0.335 e. The number of piperidine rings is 1. The van der Waals surface area contributed by atoms with Gasteiger partial charge in [-0.05, 0) is 25.7 Å². The Kier molecular flexibility index (Phi) is 4.55. The van der Waals surface area contributed by atoms with E-state index in [0.29, 0.717) is 12.0 Å². The Balaban J connectivity index is 1.46. The second kappa shape index (κ2) is 6.57. The van der Waals surface area contributed by atoms with Crippen molar-refractivity contribution in [1.29, 1.82) is 0 Å². The lowest BCUT2D eigenvalue weighted by molar-refractivity contribution is 0.174. The number of hydrogen-bond acceptors (Lipinski definition) is 3. The first-order valence-corrected chi connectivity index (χ1v) is 8.66. The lowest BCUT2D eigenvalue weighted by Crippen LogP contribution is -2.48. The first-order valence-electron chi connectivity index (χ1n) is 7.78. The fourth-order valence-electron chi connectivity index (χ4n) is 3.28. The Morgan fingerprint density at radius 2 is 1.95 bits per heavy atom. The lowest BCUT2D eigenvalue weighted by atomic mass is 9.95. The van der Waals surface area contributed by atoms with Crippen LogP contribution >= 0.6 is 11.3 Å². The molecule has 1 aromatic rings. The quantitative estimate of drug-likeness (QED) is 0.908. The maximum Gasteiger partial charge on any atom is 0.317 e. The van der Waals surface area contributed by atoms with Crippen molar-refractivity contribution < 1.29 is 4.79 Å². The molecular formula is C15H23N3OS. The van der Waals surface area contributed by atoms with Crippen LogP contribution in [-0.4, -0.2) is 35.0 Å². The van der Waals surface area contributed by atoms with Crippen LogP contribution in [0.4, 0.5) is 4.79 Å². The summed E-state index contributed by atoms with van der Waals surface area (Å²) in [4.78, 5) is 18.6. The molecule has 5 heteroatoms. The van der Waals surface area contributed by atoms with E-state index in [1.54, 1.807) is 11.3 Å². The van der Waals surface area contributed by atoms with E-state index in [1.165, 1.54) is 24.3 Å². The predicted octanol–water partition coefficient (Wildman–Crippen LogP) is 3.36. The van der Waals surface area contributed by atoms with Crippen molar-refractivity contribution in [1.82, 2.24) is 15.2 Å². The third kappa shape index (κ3) is 3.32. The number of carbonyl (C=O) groups is 1. The van der Waals surface area contributed by atoms with Gasteiger partial charge in [0.15, 0.2) is 0 Å². The van der Waals surface area contributed by atoms with Crippen LogP contribution in [0, 0.1) is 0 Å². The molecular weight excluding hydrogens is 270 g/mol. The molecule has 1 saturated carbocycles. The van der Waals surface area contributed by atoms with Gasteiger partial charge >= 0.3 is 6.03 Å². The molecule has 1 aliphatic heterocycles. The molecule has 0 atom stereocenters. The number of nitrogens with zero attached hydrogens (tertiary/aromatic N) is 2. The van der Waals surface area contributed by atoms with E-state index < -0.39 is 0 Å². The van der Waals surface area contributed by atoms with Crippen LogP contribution in [0.1, 0.15) is 55.9 Å². The molecule has 1 aliphatic carbocycles. The van der Waals surface area contributed by atoms with Crippen LogP contribution in [0.5, 0.6) is 0 Å². The zero-order valence-electron chi connectivity index (χ0n) is 11.9. The summed E-state index contributed by atoms with van der Waals surface area (Å²) < 4.78 is 0. The second-order valence-electron chi connectivity index (χ2n) is 5.92. The highest BCUT2D eigenvalue weighted by Gasteiger charge is 2.26. The molecule has 0 bridgehead atoms. The summed E-state index contributed by atoms with van der Waals surface area (Å²) in [5.41, 5.74) is 0. The molecule has 1 saturated heterocycles. The largest absolute Gasteiger partial charge is 0.335 e. The summed E-state index contributed by atoms with van der Waals surface area (Å²) in [6, 6.07) is 0.558. The number of aromatic nitrogens is 1. The zero-order chi connectivity index (χ0) is 13.8. The highest BCUT2D eigenvalue weighted by Crippen LogP contribution is 2.29. The Hall–Kier alpha value is -1.10. The lowest BCUT2D eigenvalue weighted by Gasteiger charge is -2.33. The summed E-state index contributed by atoms with van der Waals surface area (Å²) in [5, 5.41) is 6.48. The molecule has 20 heavy (non-hydrogen) atoms. The highest BCUT2D eigenvalue weighted by molar-refractivity contribution is 7.09. The number of nitrogens with one attached hydrogen (secondary N) is 1. The topological polar surface area (TPSA) is 45.2 Å². The van der Waals surface area contributed by atoms with E-state index >= 15 is 0 Å². The van der Waals surface area contributed by atoms with Crippen molar-refractivity contribution in [2.24, 2.45) is 0 Å². The fourth-order valence-corrected chi connectivity index (χ4v) is 4.09. The molecule has 0 unspecified atom stereocenters. The van der Waals surface area contributed by atoms with Crippen molar-refractivity contribution >= 4 is 17.4 Å². The van der Waals surface area contributed by atoms with Gasteiger partial charge in [0.2, 0.25) is 0 Å². The minimum atomic E-state index is 0.148. The Morgan fingerprint density at radius 1 is 1.20 bits per heavy atom. The molecule has 2 amide bonds. The summed E-state index contributed by atoms with van der Waals surface area (Å²) in [6.45, 7) is 1.73. The first-order chi connectivity index (χ1) is 9.83. The molecule has 1 aromatic heterocycles. The molecule has 0 aromatic carbocycles. The van der Waals surface area contributed by atoms with Gasteiger partial charge in [-0.1, -0.05) is 19.3 Å². The number of carbonyl (C=O) groups excluding carboxylic acids is 1. The molecule has 4 nitrogen and oxygen atoms in total. The van der Waals surface area contributed by atoms with Crippen molar-refractivity contribution in [3.8, 4) is 0 Å². The summed E-state index contributed by atoms with van der Waals surface area (Å²) in [6.07, 6.45) is 10.1. The van der Waals surface area contributed by atoms with Gasteiger partial charge in [-0.2, -0.15) is 0 Å². The van der Waals surface area contributed by atoms with E-state index in [4.69, 9.17) is 0 Å². The van der Waals surface area contributed by atoms with Crippen molar-refractivity contribution in [2.45, 2.75) is 56.9 Å². The third-order valence-electron chi connectivity index (χ3n) is 4.52. The Bertz CT molecular complexity index is 420. The number of hydrogen-bond donors (Lipinski definition) is 1. The van der Waals surface area contributed by atoms with Crippen LogP contribution in [0.2, 0.25) is 0 Å². The summed E-state index contributed by atoms with van der Waals surface area (Å²) >= 11 is 1.74. The van der Waals surface area contributed by atoms with Crippen LogP contribution in [0.15, 0.2) is 11.6 Å². The van der Waals surface area contributed by atoms with Gasteiger partial charge in [0.25, 0.3) is 0 Å². The number of urea groups is 1. The summed E-state index contributed by atoms with van der Waals surface area (Å²) in [5.74, 6) is 0.550. The van der Waals surface area contributed by atoms with Crippen molar-refractivity contribution in [3.63, 3.8) is 0 Å². The molecule has 3 rings (SSSR count). The predicted molar refractivity (Wildman–Crippen MR) is 81.1 cm³/mol. The van der Waals surface area contributed by atoms with Gasteiger partial charge in [-0.25, -0.2) is 9.78 Å². The van der Waals surface area contributed by atoms with Crippen LogP contribution < -0.4 is 5.32 Å². The van der Waals surface area contributed by atoms with Crippen LogP contribution in [-0.2, 0) is 0 Å². The van der Waals surface area contributed by atoms with Crippen LogP contribution in [0.3, 0.4) is 0 Å². The van der Waals surface area contributed by atoms with Gasteiger partial charge < -0.3 is 10.2 Å². The highest BCUT2D eigenvalue weighted by atomic mass is 32.1. The third-order valence-corrected chi connectivity index (χ3v) is 5.45. The smallest absolute Gasteiger partial charge is 0.317 e. The Labute approximate surface area is 124 Å². The number of rotatable bonds is 2. The second-order valence-corrected chi connectivity index (χ2v) is 6.84. The normalized spacial score (nSPS) is 21.9.